The second-order valence-corrected chi connectivity index (χ2v) is 8.09. The van der Waals surface area contributed by atoms with Gasteiger partial charge < -0.3 is 9.80 Å². The molecule has 2 saturated heterocycles. The van der Waals surface area contributed by atoms with Crippen molar-refractivity contribution >= 4 is 11.8 Å². The lowest BCUT2D eigenvalue weighted by Gasteiger charge is -2.44. The van der Waals surface area contributed by atoms with Crippen LogP contribution < -0.4 is 0 Å². The highest BCUT2D eigenvalue weighted by Crippen LogP contribution is 2.31. The zero-order valence-corrected chi connectivity index (χ0v) is 16.6. The minimum Gasteiger partial charge on any atom is -0.338 e. The van der Waals surface area contributed by atoms with E-state index < -0.39 is 0 Å². The fourth-order valence-corrected chi connectivity index (χ4v) is 4.73. The molecule has 2 atom stereocenters. The van der Waals surface area contributed by atoms with E-state index in [9.17, 15) is 14.0 Å². The monoisotopic (exact) mass is 394 g/mol. The SMILES string of the molecule is O=C(c1ccc(F)cc1)N1CCC[C@H]([C@H]2CCCCN2C(=O)c2ccccc2)C1. The lowest BCUT2D eigenvalue weighted by Crippen LogP contribution is -2.52. The fourth-order valence-electron chi connectivity index (χ4n) is 4.73. The highest BCUT2D eigenvalue weighted by molar-refractivity contribution is 5.95. The van der Waals surface area contributed by atoms with Crippen molar-refractivity contribution in [3.05, 3.63) is 71.5 Å². The van der Waals surface area contributed by atoms with Gasteiger partial charge in [0.15, 0.2) is 0 Å². The van der Waals surface area contributed by atoms with Crippen LogP contribution in [-0.2, 0) is 0 Å². The Morgan fingerprint density at radius 1 is 0.793 bits per heavy atom. The second-order valence-electron chi connectivity index (χ2n) is 8.09. The first-order valence-corrected chi connectivity index (χ1v) is 10.5. The van der Waals surface area contributed by atoms with E-state index in [0.717, 1.165) is 44.2 Å². The molecule has 0 bridgehead atoms. The first kappa shape index (κ1) is 19.6. The molecule has 2 fully saturated rings. The number of halogens is 1. The molecule has 2 amide bonds. The summed E-state index contributed by atoms with van der Waals surface area (Å²) < 4.78 is 13.2. The Morgan fingerprint density at radius 2 is 1.52 bits per heavy atom. The number of carbonyl (C=O) groups is 2. The number of rotatable bonds is 3. The topological polar surface area (TPSA) is 40.6 Å². The number of likely N-dealkylation sites (tertiary alicyclic amines) is 2. The number of hydrogen-bond donors (Lipinski definition) is 0. The van der Waals surface area contributed by atoms with E-state index in [1.165, 1.54) is 12.1 Å². The zero-order chi connectivity index (χ0) is 20.2. The van der Waals surface area contributed by atoms with Crippen molar-refractivity contribution in [2.75, 3.05) is 19.6 Å². The highest BCUT2D eigenvalue weighted by atomic mass is 19.1. The second kappa shape index (κ2) is 8.76. The van der Waals surface area contributed by atoms with Crippen molar-refractivity contribution in [1.82, 2.24) is 9.80 Å². The van der Waals surface area contributed by atoms with Gasteiger partial charge in [0.1, 0.15) is 5.82 Å². The molecule has 0 unspecified atom stereocenters. The van der Waals surface area contributed by atoms with Crippen LogP contribution in [0, 0.1) is 11.7 Å². The van der Waals surface area contributed by atoms with Gasteiger partial charge >= 0.3 is 0 Å². The quantitative estimate of drug-likeness (QED) is 0.776. The smallest absolute Gasteiger partial charge is 0.254 e. The molecule has 2 aromatic rings. The van der Waals surface area contributed by atoms with E-state index in [1.54, 1.807) is 12.1 Å². The van der Waals surface area contributed by atoms with Crippen LogP contribution in [-0.4, -0.2) is 47.3 Å². The molecule has 0 radical (unpaired) electrons. The van der Waals surface area contributed by atoms with Crippen LogP contribution in [0.25, 0.3) is 0 Å². The predicted molar refractivity (Wildman–Crippen MR) is 110 cm³/mol. The van der Waals surface area contributed by atoms with Gasteiger partial charge in [-0.05, 0) is 74.4 Å². The highest BCUT2D eigenvalue weighted by Gasteiger charge is 2.36. The van der Waals surface area contributed by atoms with Gasteiger partial charge in [0.25, 0.3) is 11.8 Å². The van der Waals surface area contributed by atoms with Gasteiger partial charge in [-0.3, -0.25) is 9.59 Å². The van der Waals surface area contributed by atoms with Crippen LogP contribution in [0.1, 0.15) is 52.8 Å². The number of benzene rings is 2. The Balaban J connectivity index is 1.49. The third-order valence-corrected chi connectivity index (χ3v) is 6.21. The number of carbonyl (C=O) groups excluding carboxylic acids is 2. The number of nitrogens with zero attached hydrogens (tertiary/aromatic N) is 2. The maximum Gasteiger partial charge on any atom is 0.254 e. The Hall–Kier alpha value is -2.69. The Kier molecular flexibility index (Phi) is 5.93. The average molecular weight is 394 g/mol. The maximum atomic E-state index is 13.2. The van der Waals surface area contributed by atoms with Gasteiger partial charge in [-0.25, -0.2) is 4.39 Å². The molecule has 2 aliphatic rings. The molecule has 0 saturated carbocycles. The predicted octanol–water partition coefficient (Wildman–Crippen LogP) is 4.37. The molecule has 0 aliphatic carbocycles. The lowest BCUT2D eigenvalue weighted by atomic mass is 9.84. The van der Waals surface area contributed by atoms with Gasteiger partial charge in [-0.2, -0.15) is 0 Å². The van der Waals surface area contributed by atoms with Crippen molar-refractivity contribution in [2.45, 2.75) is 38.1 Å². The van der Waals surface area contributed by atoms with Gasteiger partial charge in [-0.1, -0.05) is 18.2 Å². The summed E-state index contributed by atoms with van der Waals surface area (Å²) in [6, 6.07) is 15.4. The Morgan fingerprint density at radius 3 is 2.28 bits per heavy atom. The van der Waals surface area contributed by atoms with Crippen LogP contribution in [0.3, 0.4) is 0 Å². The van der Waals surface area contributed by atoms with Crippen molar-refractivity contribution in [3.63, 3.8) is 0 Å². The van der Waals surface area contributed by atoms with Crippen LogP contribution >= 0.6 is 0 Å². The molecule has 5 heteroatoms. The summed E-state index contributed by atoms with van der Waals surface area (Å²) in [6.45, 7) is 2.15. The van der Waals surface area contributed by atoms with E-state index in [4.69, 9.17) is 0 Å². The van der Waals surface area contributed by atoms with Crippen molar-refractivity contribution in [3.8, 4) is 0 Å². The largest absolute Gasteiger partial charge is 0.338 e. The van der Waals surface area contributed by atoms with E-state index in [0.29, 0.717) is 18.7 Å². The average Bonchev–Trinajstić information content (AvgIpc) is 2.79. The molecule has 0 aromatic heterocycles. The van der Waals surface area contributed by atoms with Gasteiger partial charge in [0.05, 0.1) is 0 Å². The first-order chi connectivity index (χ1) is 14.1. The van der Waals surface area contributed by atoms with Gasteiger partial charge in [0, 0.05) is 36.8 Å². The molecular weight excluding hydrogens is 367 g/mol. The molecular formula is C24H27FN2O2. The Labute approximate surface area is 171 Å². The summed E-state index contributed by atoms with van der Waals surface area (Å²) in [4.78, 5) is 29.9. The zero-order valence-electron chi connectivity index (χ0n) is 16.6. The van der Waals surface area contributed by atoms with Crippen LogP contribution in [0.4, 0.5) is 4.39 Å². The van der Waals surface area contributed by atoms with Gasteiger partial charge in [-0.15, -0.1) is 0 Å². The third-order valence-electron chi connectivity index (χ3n) is 6.21. The summed E-state index contributed by atoms with van der Waals surface area (Å²) in [6.07, 6.45) is 5.09. The Bertz CT molecular complexity index is 853. The molecule has 4 rings (SSSR count). The molecule has 0 spiro atoms. The lowest BCUT2D eigenvalue weighted by molar-refractivity contribution is 0.0349. The van der Waals surface area contributed by atoms with Crippen molar-refractivity contribution in [2.24, 2.45) is 5.92 Å². The maximum absolute atomic E-state index is 13.2. The number of hydrogen-bond acceptors (Lipinski definition) is 2. The molecule has 0 N–H and O–H groups in total. The van der Waals surface area contributed by atoms with E-state index >= 15 is 0 Å². The normalized spacial score (nSPS) is 22.4. The van der Waals surface area contributed by atoms with E-state index in [2.05, 4.69) is 0 Å². The van der Waals surface area contributed by atoms with Crippen LogP contribution in [0.5, 0.6) is 0 Å². The van der Waals surface area contributed by atoms with Crippen LogP contribution in [0.2, 0.25) is 0 Å². The van der Waals surface area contributed by atoms with Crippen LogP contribution in [0.15, 0.2) is 54.6 Å². The molecule has 152 valence electrons. The standard InChI is InChI=1S/C24H27FN2O2/c25-21-13-11-19(12-14-21)23(28)26-15-6-9-20(17-26)22-10-4-5-16-27(22)24(29)18-7-2-1-3-8-18/h1-3,7-8,11-14,20,22H,4-6,9-10,15-17H2/t20-,22+/m0/s1. The summed E-state index contributed by atoms with van der Waals surface area (Å²) in [5.74, 6) is -0.0137. The number of amides is 2. The molecule has 2 aromatic carbocycles. The molecule has 2 aliphatic heterocycles. The number of piperidine rings is 2. The summed E-state index contributed by atoms with van der Waals surface area (Å²) >= 11 is 0. The summed E-state index contributed by atoms with van der Waals surface area (Å²) in [5.41, 5.74) is 1.25. The third kappa shape index (κ3) is 4.34. The fraction of sp³-hybridized carbons (Fsp3) is 0.417. The minimum absolute atomic E-state index is 0.0496. The van der Waals surface area contributed by atoms with Gasteiger partial charge in [0.2, 0.25) is 0 Å². The van der Waals surface area contributed by atoms with Crippen molar-refractivity contribution in [1.29, 1.82) is 0 Å². The molecule has 4 nitrogen and oxygen atoms in total. The molecule has 2 heterocycles. The molecule has 29 heavy (non-hydrogen) atoms. The van der Waals surface area contributed by atoms with E-state index in [-0.39, 0.29) is 29.6 Å². The summed E-state index contributed by atoms with van der Waals surface area (Å²) in [7, 11) is 0. The van der Waals surface area contributed by atoms with E-state index in [1.807, 2.05) is 40.1 Å². The first-order valence-electron chi connectivity index (χ1n) is 10.5. The minimum atomic E-state index is -0.338. The summed E-state index contributed by atoms with van der Waals surface area (Å²) in [5, 5.41) is 0. The van der Waals surface area contributed by atoms with Crippen molar-refractivity contribution < 1.29 is 14.0 Å².